The third-order valence-corrected chi connectivity index (χ3v) is 0.731. The molecule has 0 aromatic rings. The molecule has 0 amide bonds. The fraction of sp³-hybridized carbons (Fsp3) is 0.125. The first kappa shape index (κ1) is 8.69. The lowest BCUT2D eigenvalue weighted by Crippen LogP contribution is -1.84. The minimum absolute atomic E-state index is 0.898. The minimum Gasteiger partial charge on any atom is -0.478 e. The van der Waals surface area contributed by atoms with Gasteiger partial charge in [0.25, 0.3) is 0 Å². The number of rotatable bonds is 3. The summed E-state index contributed by atoms with van der Waals surface area (Å²) in [5, 5.41) is 8.14. The van der Waals surface area contributed by atoms with Crippen LogP contribution in [-0.4, -0.2) is 11.1 Å². The molecular formula is C8H10O2. The van der Waals surface area contributed by atoms with E-state index >= 15 is 0 Å². The molecule has 2 heteroatoms. The van der Waals surface area contributed by atoms with Crippen LogP contribution in [0.15, 0.2) is 36.5 Å². The molecule has 0 aromatic heterocycles. The Bertz CT molecular complexity index is 165. The lowest BCUT2D eigenvalue weighted by Gasteiger charge is -1.79. The van der Waals surface area contributed by atoms with E-state index in [4.69, 9.17) is 5.11 Å². The molecule has 0 fully saturated rings. The maximum Gasteiger partial charge on any atom is 0.328 e. The van der Waals surface area contributed by atoms with E-state index in [0.717, 1.165) is 11.6 Å². The van der Waals surface area contributed by atoms with Gasteiger partial charge in [-0.1, -0.05) is 30.4 Å². The smallest absolute Gasteiger partial charge is 0.328 e. The van der Waals surface area contributed by atoms with E-state index in [1.165, 1.54) is 6.08 Å². The van der Waals surface area contributed by atoms with Crippen molar-refractivity contribution in [2.75, 3.05) is 0 Å². The second-order valence-corrected chi connectivity index (χ2v) is 1.90. The van der Waals surface area contributed by atoms with E-state index in [9.17, 15) is 4.79 Å². The van der Waals surface area contributed by atoms with Crippen LogP contribution in [0.5, 0.6) is 0 Å². The number of hydrogen-bond donors (Lipinski definition) is 1. The maximum absolute atomic E-state index is 9.90. The van der Waals surface area contributed by atoms with E-state index in [0.29, 0.717) is 0 Å². The molecule has 0 rings (SSSR count). The minimum atomic E-state index is -0.939. The summed E-state index contributed by atoms with van der Waals surface area (Å²) in [5.74, 6) is -0.939. The van der Waals surface area contributed by atoms with E-state index in [2.05, 4.69) is 6.58 Å². The van der Waals surface area contributed by atoms with Crippen LogP contribution < -0.4 is 0 Å². The maximum atomic E-state index is 9.90. The Kier molecular flexibility index (Phi) is 3.96. The lowest BCUT2D eigenvalue weighted by molar-refractivity contribution is -0.131. The highest BCUT2D eigenvalue weighted by Crippen LogP contribution is 1.88. The van der Waals surface area contributed by atoms with Gasteiger partial charge in [0.15, 0.2) is 0 Å². The number of carboxylic acids is 1. The fourth-order valence-electron chi connectivity index (χ4n) is 0.358. The Balaban J connectivity index is 3.73. The molecule has 2 nitrogen and oxygen atoms in total. The standard InChI is InChI=1S/C8H10O2/c1-7(2)5-3-4-6-8(9)10/h3-6H,1H2,2H3,(H,9,10)/b5-3-,6-4+. The fourth-order valence-corrected chi connectivity index (χ4v) is 0.358. The number of allylic oxidation sites excluding steroid dienone is 4. The van der Waals surface area contributed by atoms with Crippen LogP contribution in [0.1, 0.15) is 6.92 Å². The van der Waals surface area contributed by atoms with Crippen LogP contribution >= 0.6 is 0 Å². The predicted molar refractivity (Wildman–Crippen MR) is 40.7 cm³/mol. The van der Waals surface area contributed by atoms with Gasteiger partial charge in [0, 0.05) is 6.08 Å². The monoisotopic (exact) mass is 138 g/mol. The molecular weight excluding hydrogens is 128 g/mol. The molecule has 0 aliphatic carbocycles. The number of aliphatic carboxylic acids is 1. The SMILES string of the molecule is C=C(C)/C=C\C=C\C(=O)O. The Morgan fingerprint density at radius 1 is 1.40 bits per heavy atom. The first-order valence-corrected chi connectivity index (χ1v) is 2.86. The Morgan fingerprint density at radius 2 is 1.90 bits per heavy atom. The van der Waals surface area contributed by atoms with Crippen molar-refractivity contribution in [2.24, 2.45) is 0 Å². The van der Waals surface area contributed by atoms with E-state index in [1.807, 2.05) is 6.92 Å². The van der Waals surface area contributed by atoms with Crippen molar-refractivity contribution in [3.63, 3.8) is 0 Å². The summed E-state index contributed by atoms with van der Waals surface area (Å²) in [6.45, 7) is 5.44. The quantitative estimate of drug-likeness (QED) is 0.476. The Morgan fingerprint density at radius 3 is 2.30 bits per heavy atom. The second kappa shape index (κ2) is 4.56. The van der Waals surface area contributed by atoms with Gasteiger partial charge in [-0.2, -0.15) is 0 Å². The molecule has 0 heterocycles. The van der Waals surface area contributed by atoms with Crippen LogP contribution in [0.3, 0.4) is 0 Å². The lowest BCUT2D eigenvalue weighted by atomic mass is 10.3. The Labute approximate surface area is 60.2 Å². The van der Waals surface area contributed by atoms with Crippen molar-refractivity contribution in [1.29, 1.82) is 0 Å². The largest absolute Gasteiger partial charge is 0.478 e. The highest BCUT2D eigenvalue weighted by atomic mass is 16.4. The summed E-state index contributed by atoms with van der Waals surface area (Å²) in [5.41, 5.74) is 0.898. The van der Waals surface area contributed by atoms with Crippen LogP contribution in [-0.2, 0) is 4.79 Å². The van der Waals surface area contributed by atoms with Gasteiger partial charge in [0.05, 0.1) is 0 Å². The number of hydrogen-bond acceptors (Lipinski definition) is 1. The Hall–Kier alpha value is -1.31. The van der Waals surface area contributed by atoms with Crippen molar-refractivity contribution in [3.05, 3.63) is 36.5 Å². The van der Waals surface area contributed by atoms with Crippen molar-refractivity contribution in [1.82, 2.24) is 0 Å². The first-order valence-electron chi connectivity index (χ1n) is 2.86. The van der Waals surface area contributed by atoms with Gasteiger partial charge in [-0.15, -0.1) is 0 Å². The normalized spacial score (nSPS) is 10.9. The first-order chi connectivity index (χ1) is 4.63. The van der Waals surface area contributed by atoms with Gasteiger partial charge < -0.3 is 5.11 Å². The van der Waals surface area contributed by atoms with E-state index in [1.54, 1.807) is 12.2 Å². The molecule has 0 aliphatic rings. The van der Waals surface area contributed by atoms with Gasteiger partial charge in [-0.25, -0.2) is 4.79 Å². The molecule has 0 saturated heterocycles. The van der Waals surface area contributed by atoms with Crippen LogP contribution in [0.4, 0.5) is 0 Å². The number of carbonyl (C=O) groups is 1. The van der Waals surface area contributed by atoms with Crippen LogP contribution in [0, 0.1) is 0 Å². The molecule has 0 bridgehead atoms. The summed E-state index contributed by atoms with van der Waals surface area (Å²) in [7, 11) is 0. The summed E-state index contributed by atoms with van der Waals surface area (Å²) in [4.78, 5) is 9.90. The molecule has 0 aromatic carbocycles. The second-order valence-electron chi connectivity index (χ2n) is 1.90. The van der Waals surface area contributed by atoms with Gasteiger partial charge >= 0.3 is 5.97 Å². The van der Waals surface area contributed by atoms with Crippen LogP contribution in [0.2, 0.25) is 0 Å². The summed E-state index contributed by atoms with van der Waals surface area (Å²) in [6, 6.07) is 0. The average Bonchev–Trinajstić information content (AvgIpc) is 1.79. The van der Waals surface area contributed by atoms with E-state index < -0.39 is 5.97 Å². The zero-order valence-electron chi connectivity index (χ0n) is 5.87. The van der Waals surface area contributed by atoms with Gasteiger partial charge in [0.2, 0.25) is 0 Å². The molecule has 0 atom stereocenters. The van der Waals surface area contributed by atoms with Crippen molar-refractivity contribution < 1.29 is 9.90 Å². The molecule has 0 saturated carbocycles. The topological polar surface area (TPSA) is 37.3 Å². The predicted octanol–water partition coefficient (Wildman–Crippen LogP) is 1.76. The molecule has 0 unspecified atom stereocenters. The molecule has 1 N–H and O–H groups in total. The third kappa shape index (κ3) is 6.69. The third-order valence-electron chi connectivity index (χ3n) is 0.731. The number of carboxylic acid groups (broad SMARTS) is 1. The summed E-state index contributed by atoms with van der Waals surface area (Å²) >= 11 is 0. The van der Waals surface area contributed by atoms with E-state index in [-0.39, 0.29) is 0 Å². The van der Waals surface area contributed by atoms with Gasteiger partial charge in [0.1, 0.15) is 0 Å². The summed E-state index contributed by atoms with van der Waals surface area (Å²) in [6.07, 6.45) is 5.90. The van der Waals surface area contributed by atoms with Crippen molar-refractivity contribution >= 4 is 5.97 Å². The molecule has 0 radical (unpaired) electrons. The van der Waals surface area contributed by atoms with Crippen molar-refractivity contribution in [2.45, 2.75) is 6.92 Å². The van der Waals surface area contributed by atoms with Gasteiger partial charge in [-0.05, 0) is 6.92 Å². The average molecular weight is 138 g/mol. The molecule has 0 aliphatic heterocycles. The van der Waals surface area contributed by atoms with Crippen LogP contribution in [0.25, 0.3) is 0 Å². The zero-order valence-corrected chi connectivity index (χ0v) is 5.87. The van der Waals surface area contributed by atoms with Gasteiger partial charge in [-0.3, -0.25) is 0 Å². The molecule has 54 valence electrons. The highest BCUT2D eigenvalue weighted by molar-refractivity contribution is 5.80. The molecule has 0 spiro atoms. The highest BCUT2D eigenvalue weighted by Gasteiger charge is 1.79. The van der Waals surface area contributed by atoms with Crippen molar-refractivity contribution in [3.8, 4) is 0 Å². The summed E-state index contributed by atoms with van der Waals surface area (Å²) < 4.78 is 0. The zero-order chi connectivity index (χ0) is 7.98. The molecule has 10 heavy (non-hydrogen) atoms.